The minimum atomic E-state index is -1.98. The first kappa shape index (κ1) is 10.2. The average Bonchev–Trinajstić information content (AvgIpc) is 2.86. The van der Waals surface area contributed by atoms with E-state index in [-0.39, 0.29) is 0 Å². The molecular weight excluding hydrogens is 318 g/mol. The van der Waals surface area contributed by atoms with Crippen molar-refractivity contribution in [2.75, 3.05) is 13.2 Å². The topological polar surface area (TPSA) is 55.4 Å². The predicted octanol–water partition coefficient (Wildman–Crippen LogP) is 0.0254. The van der Waals surface area contributed by atoms with E-state index < -0.39 is 31.4 Å². The van der Waals surface area contributed by atoms with Crippen molar-refractivity contribution in [3.05, 3.63) is 25.0 Å². The Kier molecular flexibility index (Phi) is 4.07. The monoisotopic (exact) mass is 326 g/mol. The fourth-order valence-electron chi connectivity index (χ4n) is 0.693. The van der Waals surface area contributed by atoms with Gasteiger partial charge in [-0.1, -0.05) is 0 Å². The molecule has 0 aromatic heterocycles. The van der Waals surface area contributed by atoms with Gasteiger partial charge < -0.3 is 0 Å². The van der Waals surface area contributed by atoms with Crippen molar-refractivity contribution in [2.45, 2.75) is 0 Å². The number of rotatable bonds is 5. The third kappa shape index (κ3) is 3.14. The molecule has 0 aliphatic carbocycles. The average molecular weight is 326 g/mol. The van der Waals surface area contributed by atoms with Crippen LogP contribution in [0.1, 0.15) is 0 Å². The molecule has 6 nitrogen and oxygen atoms in total. The van der Waals surface area contributed by atoms with Gasteiger partial charge in [-0.25, -0.2) is 0 Å². The van der Waals surface area contributed by atoms with Crippen molar-refractivity contribution < 1.29 is 22.4 Å². The Morgan fingerprint density at radius 1 is 0.714 bits per heavy atom. The zero-order valence-electron chi connectivity index (χ0n) is 7.07. The van der Waals surface area contributed by atoms with Crippen LogP contribution in [-0.2, 0) is 22.4 Å². The van der Waals surface area contributed by atoms with Crippen molar-refractivity contribution in [3.63, 3.8) is 0 Å². The van der Waals surface area contributed by atoms with Gasteiger partial charge in [0.05, 0.1) is 0 Å². The first-order valence-corrected chi connectivity index (χ1v) is 8.38. The van der Waals surface area contributed by atoms with Gasteiger partial charge in [0.2, 0.25) is 0 Å². The quantitative estimate of drug-likeness (QED) is 0.525. The fourth-order valence-corrected chi connectivity index (χ4v) is 3.60. The van der Waals surface area contributed by atoms with Crippen LogP contribution in [0.2, 0.25) is 0 Å². The molecule has 8 heteroatoms. The van der Waals surface area contributed by atoms with Gasteiger partial charge in [-0.3, -0.25) is 0 Å². The van der Waals surface area contributed by atoms with E-state index in [2.05, 4.69) is 0 Å². The molecule has 0 amide bonds. The Morgan fingerprint density at radius 3 is 1.43 bits per heavy atom. The normalized spacial score (nSPS) is 20.3. The summed E-state index contributed by atoms with van der Waals surface area (Å²) in [4.78, 5) is 0. The van der Waals surface area contributed by atoms with Crippen LogP contribution < -0.4 is 0 Å². The molecule has 0 atom stereocenters. The van der Waals surface area contributed by atoms with Crippen LogP contribution in [0.5, 0.6) is 0 Å². The Balaban J connectivity index is 1.47. The Bertz CT molecular complexity index is 192. The van der Waals surface area contributed by atoms with Gasteiger partial charge in [0.25, 0.3) is 0 Å². The minimum absolute atomic E-state index is 0.430. The molecule has 0 aromatic rings. The van der Waals surface area contributed by atoms with E-state index in [1.807, 2.05) is 0 Å². The summed E-state index contributed by atoms with van der Waals surface area (Å²) in [7, 11) is 0. The molecule has 2 rings (SSSR count). The standard InChI is InChI=1S/C6H8As2O6/c1-2-10-7(9-1)13-5-6-14-8-11-3-4-12-8/h1-4H,5-6H2. The van der Waals surface area contributed by atoms with Gasteiger partial charge in [-0.15, -0.1) is 0 Å². The van der Waals surface area contributed by atoms with Crippen molar-refractivity contribution in [2.24, 2.45) is 0 Å². The molecule has 14 heavy (non-hydrogen) atoms. The number of hydrogen-bond donors (Lipinski definition) is 0. The van der Waals surface area contributed by atoms with Gasteiger partial charge in [0.1, 0.15) is 0 Å². The van der Waals surface area contributed by atoms with Crippen LogP contribution in [0.25, 0.3) is 0 Å². The van der Waals surface area contributed by atoms with Crippen LogP contribution in [0.3, 0.4) is 0 Å². The molecule has 2 aliphatic heterocycles. The second-order valence-electron chi connectivity index (χ2n) is 2.08. The number of hydrogen-bond acceptors (Lipinski definition) is 6. The van der Waals surface area contributed by atoms with Crippen molar-refractivity contribution in [1.82, 2.24) is 0 Å². The molecule has 0 spiro atoms. The molecule has 0 saturated carbocycles. The summed E-state index contributed by atoms with van der Waals surface area (Å²) in [5, 5.41) is 0. The van der Waals surface area contributed by atoms with E-state index in [1.54, 1.807) is 0 Å². The van der Waals surface area contributed by atoms with Gasteiger partial charge >= 0.3 is 92.0 Å². The summed E-state index contributed by atoms with van der Waals surface area (Å²) < 4.78 is 30.6. The molecule has 0 N–H and O–H groups in total. The molecule has 2 heterocycles. The van der Waals surface area contributed by atoms with Crippen LogP contribution in [0, 0.1) is 0 Å². The van der Waals surface area contributed by atoms with E-state index in [9.17, 15) is 0 Å². The first-order valence-electron chi connectivity index (χ1n) is 3.78. The van der Waals surface area contributed by atoms with E-state index in [4.69, 9.17) is 22.4 Å². The molecule has 0 aromatic carbocycles. The zero-order valence-corrected chi connectivity index (χ0v) is 10.8. The molecule has 0 radical (unpaired) electrons. The maximum atomic E-state index is 5.27. The zero-order chi connectivity index (χ0) is 9.64. The third-order valence-electron chi connectivity index (χ3n) is 1.18. The molecular formula is C6H8As2O6. The van der Waals surface area contributed by atoms with Crippen LogP contribution in [-0.4, -0.2) is 44.6 Å². The summed E-state index contributed by atoms with van der Waals surface area (Å²) in [5.74, 6) is 0. The summed E-state index contributed by atoms with van der Waals surface area (Å²) in [6.07, 6.45) is 5.96. The van der Waals surface area contributed by atoms with Crippen LogP contribution in [0.4, 0.5) is 0 Å². The second kappa shape index (κ2) is 5.56. The van der Waals surface area contributed by atoms with E-state index in [0.29, 0.717) is 13.2 Å². The van der Waals surface area contributed by atoms with Crippen molar-refractivity contribution in [1.29, 1.82) is 0 Å². The van der Waals surface area contributed by atoms with Gasteiger partial charge in [-0.05, 0) is 0 Å². The predicted molar refractivity (Wildman–Crippen MR) is 46.0 cm³/mol. The Labute approximate surface area is 92.0 Å². The summed E-state index contributed by atoms with van der Waals surface area (Å²) in [5.41, 5.74) is 0. The molecule has 0 bridgehead atoms. The van der Waals surface area contributed by atoms with Gasteiger partial charge in [-0.2, -0.15) is 0 Å². The second-order valence-corrected chi connectivity index (χ2v) is 6.81. The Hall–Kier alpha value is -0.283. The summed E-state index contributed by atoms with van der Waals surface area (Å²) >= 11 is -3.96. The first-order chi connectivity index (χ1) is 6.95. The summed E-state index contributed by atoms with van der Waals surface area (Å²) in [6.45, 7) is 0.860. The Morgan fingerprint density at radius 2 is 1.07 bits per heavy atom. The SMILES string of the molecule is C1=CO[As](OCCO[As]2OC=CO2)O1. The van der Waals surface area contributed by atoms with Crippen LogP contribution >= 0.6 is 0 Å². The van der Waals surface area contributed by atoms with E-state index in [1.165, 1.54) is 25.0 Å². The molecule has 0 fully saturated rings. The molecule has 0 unspecified atom stereocenters. The van der Waals surface area contributed by atoms with Crippen molar-refractivity contribution >= 4 is 31.4 Å². The summed E-state index contributed by atoms with van der Waals surface area (Å²) in [6, 6.07) is 0. The van der Waals surface area contributed by atoms with Crippen molar-refractivity contribution in [3.8, 4) is 0 Å². The van der Waals surface area contributed by atoms with Gasteiger partial charge in [0.15, 0.2) is 0 Å². The van der Waals surface area contributed by atoms with Gasteiger partial charge in [0, 0.05) is 0 Å². The van der Waals surface area contributed by atoms with Crippen LogP contribution in [0.15, 0.2) is 25.0 Å². The molecule has 78 valence electrons. The molecule has 2 aliphatic rings. The molecule has 0 saturated heterocycles. The van der Waals surface area contributed by atoms with E-state index in [0.717, 1.165) is 0 Å². The fraction of sp³-hybridized carbons (Fsp3) is 0.333. The third-order valence-corrected chi connectivity index (χ3v) is 5.29. The van der Waals surface area contributed by atoms with E-state index >= 15 is 0 Å². The maximum absolute atomic E-state index is 5.27.